The molecule has 1 nitrogen and oxygen atoms in total. The van der Waals surface area contributed by atoms with E-state index in [1.54, 1.807) is 0 Å². The molecule has 24 heavy (non-hydrogen) atoms. The summed E-state index contributed by atoms with van der Waals surface area (Å²) in [5.41, 5.74) is 7.40. The third-order valence-electron chi connectivity index (χ3n) is 3.77. The summed E-state index contributed by atoms with van der Waals surface area (Å²) in [6, 6.07) is 25.9. The molecule has 0 radical (unpaired) electrons. The van der Waals surface area contributed by atoms with E-state index in [4.69, 9.17) is 0 Å². The molecule has 0 bridgehead atoms. The van der Waals surface area contributed by atoms with Crippen molar-refractivity contribution in [1.82, 2.24) is 0 Å². The van der Waals surface area contributed by atoms with Crippen molar-refractivity contribution >= 4 is 17.1 Å². The third kappa shape index (κ3) is 4.26. The van der Waals surface area contributed by atoms with E-state index in [0.29, 0.717) is 0 Å². The van der Waals surface area contributed by atoms with Crippen LogP contribution in [0.15, 0.2) is 72.8 Å². The lowest BCUT2D eigenvalue weighted by Gasteiger charge is -2.26. The number of anilines is 3. The van der Waals surface area contributed by atoms with Crippen molar-refractivity contribution in [2.45, 2.75) is 34.6 Å². The zero-order chi connectivity index (χ0) is 17.5. The van der Waals surface area contributed by atoms with Crippen molar-refractivity contribution in [1.29, 1.82) is 0 Å². The molecule has 0 N–H and O–H groups in total. The van der Waals surface area contributed by atoms with E-state index in [1.165, 1.54) is 33.8 Å². The smallest absolute Gasteiger partial charge is 0.0466 e. The summed E-state index contributed by atoms with van der Waals surface area (Å²) in [6.07, 6.45) is 0. The van der Waals surface area contributed by atoms with Gasteiger partial charge in [-0.15, -0.1) is 0 Å². The Hall–Kier alpha value is -2.54. The molecule has 0 aliphatic heterocycles. The first kappa shape index (κ1) is 17.8. The standard InChI is InChI=1S/C21H21N.C2H6/c1-16-9-11-20(12-10-16)22(19-7-5-4-6-8-19)21-14-17(2)13-18(3)15-21;1-2/h4-15H,1-3H3;1-2H3. The first-order valence-electron chi connectivity index (χ1n) is 8.63. The summed E-state index contributed by atoms with van der Waals surface area (Å²) in [5.74, 6) is 0. The number of benzene rings is 3. The lowest BCUT2D eigenvalue weighted by molar-refractivity contribution is 1.25. The molecule has 0 amide bonds. The maximum Gasteiger partial charge on any atom is 0.0466 e. The fourth-order valence-electron chi connectivity index (χ4n) is 2.80. The Morgan fingerprint density at radius 2 is 1.00 bits per heavy atom. The van der Waals surface area contributed by atoms with E-state index < -0.39 is 0 Å². The minimum absolute atomic E-state index is 1.18. The van der Waals surface area contributed by atoms with Gasteiger partial charge >= 0.3 is 0 Å². The Morgan fingerprint density at radius 3 is 1.54 bits per heavy atom. The zero-order valence-electron chi connectivity index (χ0n) is 15.4. The van der Waals surface area contributed by atoms with Crippen LogP contribution in [-0.4, -0.2) is 0 Å². The number of nitrogens with zero attached hydrogens (tertiary/aromatic N) is 1. The second kappa shape index (κ2) is 8.35. The lowest BCUT2D eigenvalue weighted by atomic mass is 10.1. The average Bonchev–Trinajstić information content (AvgIpc) is 2.59. The van der Waals surface area contributed by atoms with E-state index in [0.717, 1.165) is 0 Å². The summed E-state index contributed by atoms with van der Waals surface area (Å²) < 4.78 is 0. The number of para-hydroxylation sites is 1. The monoisotopic (exact) mass is 317 g/mol. The SMILES string of the molecule is CC.Cc1ccc(N(c2ccccc2)c2cc(C)cc(C)c2)cc1. The van der Waals surface area contributed by atoms with E-state index in [-0.39, 0.29) is 0 Å². The van der Waals surface area contributed by atoms with Gasteiger partial charge in [0.1, 0.15) is 0 Å². The van der Waals surface area contributed by atoms with Crippen LogP contribution in [0.4, 0.5) is 17.1 Å². The molecule has 0 heterocycles. The van der Waals surface area contributed by atoms with Gasteiger partial charge in [-0.25, -0.2) is 0 Å². The van der Waals surface area contributed by atoms with Gasteiger partial charge in [0.2, 0.25) is 0 Å². The van der Waals surface area contributed by atoms with Crippen LogP contribution in [0.1, 0.15) is 30.5 Å². The van der Waals surface area contributed by atoms with Crippen molar-refractivity contribution in [3.63, 3.8) is 0 Å². The number of rotatable bonds is 3. The summed E-state index contributed by atoms with van der Waals surface area (Å²) in [4.78, 5) is 2.30. The first-order valence-corrected chi connectivity index (χ1v) is 8.63. The van der Waals surface area contributed by atoms with Gasteiger partial charge in [0.05, 0.1) is 0 Å². The van der Waals surface area contributed by atoms with Crippen LogP contribution in [0, 0.1) is 20.8 Å². The van der Waals surface area contributed by atoms with Crippen molar-refractivity contribution < 1.29 is 0 Å². The fraction of sp³-hybridized carbons (Fsp3) is 0.217. The Balaban J connectivity index is 0.00000100. The van der Waals surface area contributed by atoms with Crippen LogP contribution in [0.3, 0.4) is 0 Å². The molecule has 124 valence electrons. The van der Waals surface area contributed by atoms with E-state index in [2.05, 4.69) is 98.5 Å². The highest BCUT2D eigenvalue weighted by atomic mass is 15.1. The Bertz CT molecular complexity index is 738. The summed E-state index contributed by atoms with van der Waals surface area (Å²) in [6.45, 7) is 10.4. The average molecular weight is 317 g/mol. The second-order valence-corrected chi connectivity index (χ2v) is 5.85. The predicted molar refractivity (Wildman–Crippen MR) is 107 cm³/mol. The third-order valence-corrected chi connectivity index (χ3v) is 3.77. The van der Waals surface area contributed by atoms with Gasteiger partial charge in [0.25, 0.3) is 0 Å². The van der Waals surface area contributed by atoms with Crippen molar-refractivity contribution in [2.75, 3.05) is 4.90 Å². The van der Waals surface area contributed by atoms with Gasteiger partial charge in [0.15, 0.2) is 0 Å². The van der Waals surface area contributed by atoms with Gasteiger partial charge in [-0.3, -0.25) is 0 Å². The number of aryl methyl sites for hydroxylation is 3. The molecule has 0 unspecified atom stereocenters. The van der Waals surface area contributed by atoms with Gasteiger partial charge in [0, 0.05) is 17.1 Å². The normalized spacial score (nSPS) is 9.88. The topological polar surface area (TPSA) is 3.24 Å². The summed E-state index contributed by atoms with van der Waals surface area (Å²) in [7, 11) is 0. The molecular weight excluding hydrogens is 290 g/mol. The van der Waals surface area contributed by atoms with E-state index in [9.17, 15) is 0 Å². The highest BCUT2D eigenvalue weighted by Crippen LogP contribution is 2.35. The Kier molecular flexibility index (Phi) is 6.20. The molecule has 0 saturated heterocycles. The molecule has 3 aromatic rings. The van der Waals surface area contributed by atoms with Crippen LogP contribution < -0.4 is 4.90 Å². The number of hydrogen-bond acceptors (Lipinski definition) is 1. The predicted octanol–water partition coefficient (Wildman–Crippen LogP) is 7.11. The van der Waals surface area contributed by atoms with E-state index in [1.807, 2.05) is 13.8 Å². The largest absolute Gasteiger partial charge is 0.310 e. The van der Waals surface area contributed by atoms with Gasteiger partial charge < -0.3 is 4.90 Å². The maximum absolute atomic E-state index is 2.30. The molecule has 3 rings (SSSR count). The van der Waals surface area contributed by atoms with E-state index >= 15 is 0 Å². The van der Waals surface area contributed by atoms with Gasteiger partial charge in [-0.05, 0) is 68.3 Å². The molecule has 0 aromatic heterocycles. The molecule has 0 fully saturated rings. The number of hydrogen-bond donors (Lipinski definition) is 0. The Morgan fingerprint density at radius 1 is 0.500 bits per heavy atom. The molecule has 0 atom stereocenters. The maximum atomic E-state index is 2.30. The second-order valence-electron chi connectivity index (χ2n) is 5.85. The van der Waals surface area contributed by atoms with Crippen LogP contribution in [0.2, 0.25) is 0 Å². The molecular formula is C23H27N. The van der Waals surface area contributed by atoms with Crippen LogP contribution in [0.5, 0.6) is 0 Å². The van der Waals surface area contributed by atoms with Gasteiger partial charge in [-0.2, -0.15) is 0 Å². The molecule has 1 heteroatoms. The summed E-state index contributed by atoms with van der Waals surface area (Å²) >= 11 is 0. The van der Waals surface area contributed by atoms with Crippen molar-refractivity contribution in [3.8, 4) is 0 Å². The first-order chi connectivity index (χ1) is 11.6. The summed E-state index contributed by atoms with van der Waals surface area (Å²) in [5, 5.41) is 0. The fourth-order valence-corrected chi connectivity index (χ4v) is 2.80. The zero-order valence-corrected chi connectivity index (χ0v) is 15.4. The quantitative estimate of drug-likeness (QED) is 0.497. The van der Waals surface area contributed by atoms with Crippen molar-refractivity contribution in [3.05, 3.63) is 89.5 Å². The molecule has 0 aliphatic carbocycles. The van der Waals surface area contributed by atoms with Crippen molar-refractivity contribution in [2.24, 2.45) is 0 Å². The molecule has 0 spiro atoms. The Labute approximate surface area is 146 Å². The van der Waals surface area contributed by atoms with Crippen LogP contribution >= 0.6 is 0 Å². The minimum atomic E-state index is 1.18. The molecule has 3 aromatic carbocycles. The highest BCUT2D eigenvalue weighted by Gasteiger charge is 2.12. The molecule has 0 saturated carbocycles. The van der Waals surface area contributed by atoms with Gasteiger partial charge in [-0.1, -0.05) is 55.8 Å². The van der Waals surface area contributed by atoms with Crippen LogP contribution in [0.25, 0.3) is 0 Å². The van der Waals surface area contributed by atoms with Crippen LogP contribution in [-0.2, 0) is 0 Å². The molecule has 0 aliphatic rings. The highest BCUT2D eigenvalue weighted by molar-refractivity contribution is 5.77. The lowest BCUT2D eigenvalue weighted by Crippen LogP contribution is -2.10. The minimum Gasteiger partial charge on any atom is -0.310 e.